The summed E-state index contributed by atoms with van der Waals surface area (Å²) in [6.45, 7) is 2.98. The van der Waals surface area contributed by atoms with E-state index in [1.54, 1.807) is 0 Å². The maximum Gasteiger partial charge on any atom is 0.459 e. The Kier molecular flexibility index (Phi) is 3.93. The highest BCUT2D eigenvalue weighted by Gasteiger charge is 2.61. The Hall–Kier alpha value is -0.850. The van der Waals surface area contributed by atoms with E-state index in [2.05, 4.69) is 0 Å². The van der Waals surface area contributed by atoms with Gasteiger partial charge < -0.3 is 5.11 Å². The van der Waals surface area contributed by atoms with Crippen molar-refractivity contribution >= 4 is 17.6 Å². The standard InChI is InChI=1S/C11H12ClF5O2/c1-9(2)5(3-6(9)8(18)19)4-7(12)10(13,14)11(15,16)17/h4-6H,3H2,1-2H3,(H,18,19). The van der Waals surface area contributed by atoms with Crippen molar-refractivity contribution in [2.75, 3.05) is 0 Å². The first-order valence-corrected chi connectivity index (χ1v) is 5.74. The SMILES string of the molecule is CC1(C)C(C=C(Cl)C(F)(F)C(F)(F)F)CC1C(=O)O. The summed E-state index contributed by atoms with van der Waals surface area (Å²) in [7, 11) is 0. The number of halogens is 6. The molecule has 110 valence electrons. The van der Waals surface area contributed by atoms with Crippen molar-refractivity contribution < 1.29 is 31.9 Å². The Balaban J connectivity index is 2.92. The number of allylic oxidation sites excluding steroid dienone is 2. The van der Waals surface area contributed by atoms with E-state index in [9.17, 15) is 26.7 Å². The number of carbonyl (C=O) groups is 1. The minimum atomic E-state index is -5.76. The number of carboxylic acid groups (broad SMARTS) is 1. The molecule has 1 N–H and O–H groups in total. The molecular formula is C11H12ClF5O2. The Labute approximate surface area is 111 Å². The molecule has 0 radical (unpaired) electrons. The summed E-state index contributed by atoms with van der Waals surface area (Å²) in [4.78, 5) is 10.8. The van der Waals surface area contributed by atoms with Crippen LogP contribution in [-0.2, 0) is 4.79 Å². The topological polar surface area (TPSA) is 37.3 Å². The lowest BCUT2D eigenvalue weighted by Gasteiger charge is -2.49. The van der Waals surface area contributed by atoms with Crippen molar-refractivity contribution in [3.05, 3.63) is 11.1 Å². The first-order valence-electron chi connectivity index (χ1n) is 5.37. The second kappa shape index (κ2) is 4.61. The predicted octanol–water partition coefficient (Wildman–Crippen LogP) is 4.05. The Morgan fingerprint density at radius 3 is 2.11 bits per heavy atom. The fourth-order valence-electron chi connectivity index (χ4n) is 2.08. The van der Waals surface area contributed by atoms with Crippen LogP contribution in [0.4, 0.5) is 22.0 Å². The van der Waals surface area contributed by atoms with Gasteiger partial charge in [0.1, 0.15) is 0 Å². The van der Waals surface area contributed by atoms with Crippen LogP contribution in [0.2, 0.25) is 0 Å². The molecule has 2 nitrogen and oxygen atoms in total. The van der Waals surface area contributed by atoms with Gasteiger partial charge in [-0.25, -0.2) is 0 Å². The number of rotatable bonds is 3. The smallest absolute Gasteiger partial charge is 0.459 e. The molecular weight excluding hydrogens is 295 g/mol. The third kappa shape index (κ3) is 2.70. The van der Waals surface area contributed by atoms with Gasteiger partial charge in [-0.2, -0.15) is 22.0 Å². The monoisotopic (exact) mass is 306 g/mol. The fraction of sp³-hybridized carbons (Fsp3) is 0.727. The average Bonchev–Trinajstić information content (AvgIpc) is 2.20. The van der Waals surface area contributed by atoms with E-state index < -0.39 is 40.4 Å². The van der Waals surface area contributed by atoms with E-state index in [4.69, 9.17) is 16.7 Å². The highest BCUT2D eigenvalue weighted by Crippen LogP contribution is 2.54. The molecule has 1 saturated carbocycles. The quantitative estimate of drug-likeness (QED) is 0.799. The molecule has 1 rings (SSSR count). The van der Waals surface area contributed by atoms with Gasteiger partial charge in [0.15, 0.2) is 0 Å². The zero-order valence-corrected chi connectivity index (χ0v) is 10.8. The zero-order valence-electron chi connectivity index (χ0n) is 10.1. The van der Waals surface area contributed by atoms with Crippen LogP contribution in [0.25, 0.3) is 0 Å². The van der Waals surface area contributed by atoms with Crippen LogP contribution in [0.1, 0.15) is 20.3 Å². The van der Waals surface area contributed by atoms with E-state index >= 15 is 0 Å². The Morgan fingerprint density at radius 2 is 1.79 bits per heavy atom. The summed E-state index contributed by atoms with van der Waals surface area (Å²) in [6.07, 6.45) is -5.15. The molecule has 1 aliphatic carbocycles. The largest absolute Gasteiger partial charge is 0.481 e. The molecule has 1 fully saturated rings. The first-order chi connectivity index (χ1) is 8.31. The fourth-order valence-corrected chi connectivity index (χ4v) is 2.34. The highest BCUT2D eigenvalue weighted by molar-refractivity contribution is 6.30. The minimum absolute atomic E-state index is 0.00745. The minimum Gasteiger partial charge on any atom is -0.481 e. The maximum absolute atomic E-state index is 12.9. The number of hydrogen-bond acceptors (Lipinski definition) is 1. The number of hydrogen-bond donors (Lipinski definition) is 1. The molecule has 2 unspecified atom stereocenters. The van der Waals surface area contributed by atoms with E-state index in [0.717, 1.165) is 0 Å². The van der Waals surface area contributed by atoms with Crippen LogP contribution in [0, 0.1) is 17.3 Å². The molecule has 8 heteroatoms. The maximum atomic E-state index is 12.9. The van der Waals surface area contributed by atoms with Crippen molar-refractivity contribution in [2.24, 2.45) is 17.3 Å². The molecule has 0 aromatic heterocycles. The van der Waals surface area contributed by atoms with Crippen LogP contribution < -0.4 is 0 Å². The Bertz CT molecular complexity index is 414. The van der Waals surface area contributed by atoms with Gasteiger partial charge in [-0.15, -0.1) is 0 Å². The van der Waals surface area contributed by atoms with E-state index in [0.29, 0.717) is 6.08 Å². The average molecular weight is 307 g/mol. The van der Waals surface area contributed by atoms with Gasteiger partial charge in [0, 0.05) is 0 Å². The van der Waals surface area contributed by atoms with Crippen molar-refractivity contribution in [3.63, 3.8) is 0 Å². The lowest BCUT2D eigenvalue weighted by molar-refractivity contribution is -0.261. The van der Waals surface area contributed by atoms with Gasteiger partial charge in [0.25, 0.3) is 0 Å². The molecule has 0 spiro atoms. The molecule has 0 saturated heterocycles. The molecule has 0 aromatic rings. The lowest BCUT2D eigenvalue weighted by atomic mass is 9.54. The number of carboxylic acids is 1. The molecule has 19 heavy (non-hydrogen) atoms. The summed E-state index contributed by atoms with van der Waals surface area (Å²) in [5.74, 6) is -7.72. The van der Waals surface area contributed by atoms with Crippen LogP contribution >= 0.6 is 11.6 Å². The van der Waals surface area contributed by atoms with Crippen LogP contribution in [0.15, 0.2) is 11.1 Å². The molecule has 0 heterocycles. The summed E-state index contributed by atoms with van der Waals surface area (Å²) in [5, 5.41) is 7.22. The van der Waals surface area contributed by atoms with Crippen LogP contribution in [-0.4, -0.2) is 23.2 Å². The summed E-state index contributed by atoms with van der Waals surface area (Å²) < 4.78 is 62.1. The number of aliphatic carboxylic acids is 1. The van der Waals surface area contributed by atoms with Crippen molar-refractivity contribution in [1.29, 1.82) is 0 Å². The molecule has 0 aliphatic heterocycles. The van der Waals surface area contributed by atoms with Crippen molar-refractivity contribution in [3.8, 4) is 0 Å². The summed E-state index contributed by atoms with van der Waals surface area (Å²) in [6, 6.07) is 0. The second-order valence-electron chi connectivity index (χ2n) is 5.14. The molecule has 0 amide bonds. The highest BCUT2D eigenvalue weighted by atomic mass is 35.5. The third-order valence-electron chi connectivity index (χ3n) is 3.64. The van der Waals surface area contributed by atoms with Gasteiger partial charge in [0.05, 0.1) is 11.0 Å². The Morgan fingerprint density at radius 1 is 1.32 bits per heavy atom. The summed E-state index contributed by atoms with van der Waals surface area (Å²) in [5.41, 5.74) is -0.909. The normalized spacial score (nSPS) is 27.9. The summed E-state index contributed by atoms with van der Waals surface area (Å²) >= 11 is 5.06. The number of alkyl halides is 5. The van der Waals surface area contributed by atoms with Gasteiger partial charge in [0.2, 0.25) is 0 Å². The van der Waals surface area contributed by atoms with Gasteiger partial charge in [-0.05, 0) is 17.8 Å². The molecule has 2 atom stereocenters. The van der Waals surface area contributed by atoms with Gasteiger partial charge in [-0.3, -0.25) is 4.79 Å². The molecule has 0 aromatic carbocycles. The van der Waals surface area contributed by atoms with Crippen molar-refractivity contribution in [1.82, 2.24) is 0 Å². The third-order valence-corrected chi connectivity index (χ3v) is 4.01. The van der Waals surface area contributed by atoms with E-state index in [1.807, 2.05) is 0 Å². The zero-order chi connectivity index (χ0) is 15.2. The first kappa shape index (κ1) is 16.2. The van der Waals surface area contributed by atoms with Gasteiger partial charge >= 0.3 is 18.1 Å². The second-order valence-corrected chi connectivity index (χ2v) is 5.55. The van der Waals surface area contributed by atoms with Gasteiger partial charge in [-0.1, -0.05) is 31.5 Å². The van der Waals surface area contributed by atoms with Crippen LogP contribution in [0.3, 0.4) is 0 Å². The molecule has 0 bridgehead atoms. The molecule has 1 aliphatic rings. The van der Waals surface area contributed by atoms with Crippen LogP contribution in [0.5, 0.6) is 0 Å². The van der Waals surface area contributed by atoms with Crippen molar-refractivity contribution in [2.45, 2.75) is 32.4 Å². The lowest BCUT2D eigenvalue weighted by Crippen LogP contribution is -2.48. The van der Waals surface area contributed by atoms with E-state index in [1.165, 1.54) is 13.8 Å². The van der Waals surface area contributed by atoms with E-state index in [-0.39, 0.29) is 6.42 Å². The predicted molar refractivity (Wildman–Crippen MR) is 58.0 cm³/mol.